The highest BCUT2D eigenvalue weighted by Gasteiger charge is 2.25. The molecule has 1 atom stereocenters. The van der Waals surface area contributed by atoms with Crippen LogP contribution in [0.5, 0.6) is 0 Å². The van der Waals surface area contributed by atoms with Gasteiger partial charge in [0.25, 0.3) is 0 Å². The zero-order chi connectivity index (χ0) is 13.2. The molecule has 0 heterocycles. The quantitative estimate of drug-likeness (QED) is 0.758. The Morgan fingerprint density at radius 3 is 2.56 bits per heavy atom. The molecule has 0 amide bonds. The lowest BCUT2D eigenvalue weighted by Crippen LogP contribution is -2.30. The van der Waals surface area contributed by atoms with E-state index in [0.717, 1.165) is 6.04 Å². The average molecular weight is 261 g/mol. The van der Waals surface area contributed by atoms with E-state index in [4.69, 9.17) is 0 Å². The van der Waals surface area contributed by atoms with Gasteiger partial charge in [-0.1, -0.05) is 49.5 Å². The lowest BCUT2D eigenvalue weighted by atomic mass is 9.99. The van der Waals surface area contributed by atoms with Gasteiger partial charge in [0.1, 0.15) is 0 Å². The molecule has 1 aromatic carbocycles. The van der Waals surface area contributed by atoms with E-state index in [9.17, 15) is 0 Å². The molecule has 18 heavy (non-hydrogen) atoms. The molecule has 1 unspecified atom stereocenters. The average Bonchev–Trinajstić information content (AvgIpc) is 3.06. The Labute approximate surface area is 113 Å². The topological polar surface area (TPSA) is 12.0 Å². The molecule has 1 aliphatic carbocycles. The molecule has 100 valence electrons. The van der Waals surface area contributed by atoms with Crippen LogP contribution in [-0.2, 0) is 0 Å². The van der Waals surface area contributed by atoms with Crippen molar-refractivity contribution < 1.29 is 0 Å². The summed E-state index contributed by atoms with van der Waals surface area (Å²) in [5.74, 6) is 0.706. The van der Waals surface area contributed by atoms with Crippen molar-refractivity contribution in [2.24, 2.45) is 0 Å². The van der Waals surface area contributed by atoms with Crippen molar-refractivity contribution in [2.45, 2.75) is 57.4 Å². The van der Waals surface area contributed by atoms with Gasteiger partial charge in [-0.15, -0.1) is 0 Å². The summed E-state index contributed by atoms with van der Waals surface area (Å²) >= 11 is 0. The van der Waals surface area contributed by atoms with Crippen molar-refractivity contribution in [3.8, 4) is 0 Å². The summed E-state index contributed by atoms with van der Waals surface area (Å²) in [6, 6.07) is 11.3. The van der Waals surface area contributed by atoms with Crippen LogP contribution in [-0.4, -0.2) is 20.7 Å². The van der Waals surface area contributed by atoms with Gasteiger partial charge in [-0.3, -0.25) is 0 Å². The van der Waals surface area contributed by atoms with Crippen LogP contribution in [0.25, 0.3) is 0 Å². The van der Waals surface area contributed by atoms with Crippen LogP contribution in [0.2, 0.25) is 25.7 Å². The molecular weight excluding hydrogens is 234 g/mol. The molecule has 1 aliphatic rings. The second-order valence-electron chi connectivity index (χ2n) is 7.06. The third kappa shape index (κ3) is 4.58. The summed E-state index contributed by atoms with van der Waals surface area (Å²) in [5, 5.41) is 3.72. The van der Waals surface area contributed by atoms with E-state index < -0.39 is 8.07 Å². The van der Waals surface area contributed by atoms with Gasteiger partial charge in [0.15, 0.2) is 0 Å². The molecule has 0 radical (unpaired) electrons. The van der Waals surface area contributed by atoms with Crippen LogP contribution < -0.4 is 5.32 Å². The van der Waals surface area contributed by atoms with Crippen molar-refractivity contribution in [3.05, 3.63) is 35.4 Å². The summed E-state index contributed by atoms with van der Waals surface area (Å²) in [5.41, 5.74) is 2.92. The molecule has 2 rings (SSSR count). The van der Waals surface area contributed by atoms with Crippen molar-refractivity contribution >= 4 is 8.07 Å². The maximum Gasteiger partial charge on any atom is 0.0449 e. The second kappa shape index (κ2) is 5.58. The van der Waals surface area contributed by atoms with Gasteiger partial charge in [-0.05, 0) is 37.3 Å². The monoisotopic (exact) mass is 261 g/mol. The molecule has 1 aromatic rings. The van der Waals surface area contributed by atoms with Crippen LogP contribution >= 0.6 is 0 Å². The Balaban J connectivity index is 2.06. The molecule has 0 saturated heterocycles. The number of nitrogens with one attached hydrogen (secondary N) is 1. The Bertz CT molecular complexity index is 390. The van der Waals surface area contributed by atoms with E-state index in [0.29, 0.717) is 5.92 Å². The normalized spacial score (nSPS) is 17.8. The first kappa shape index (κ1) is 13.8. The Kier molecular flexibility index (Phi) is 4.28. The Morgan fingerprint density at radius 1 is 1.28 bits per heavy atom. The molecule has 0 aromatic heterocycles. The fraction of sp³-hybridized carbons (Fsp3) is 0.625. The fourth-order valence-electron chi connectivity index (χ4n) is 2.57. The highest BCUT2D eigenvalue weighted by atomic mass is 28.3. The van der Waals surface area contributed by atoms with Gasteiger partial charge in [0.05, 0.1) is 0 Å². The largest absolute Gasteiger partial charge is 0.313 e. The highest BCUT2D eigenvalue weighted by molar-refractivity contribution is 6.76. The fourth-order valence-corrected chi connectivity index (χ4v) is 4.43. The summed E-state index contributed by atoms with van der Waals surface area (Å²) in [7, 11) is -1.01. The standard InChI is InChI=1S/C16H27NSi/c1-13-6-5-7-14(10-13)15(12-18(2,3)4)11-17-16-8-9-16/h5-7,10,15-17H,8-9,11-12H2,1-4H3. The maximum absolute atomic E-state index is 3.72. The minimum atomic E-state index is -1.01. The summed E-state index contributed by atoms with van der Waals surface area (Å²) in [4.78, 5) is 0. The van der Waals surface area contributed by atoms with Crippen LogP contribution in [0.1, 0.15) is 29.9 Å². The van der Waals surface area contributed by atoms with Crippen LogP contribution in [0.15, 0.2) is 24.3 Å². The highest BCUT2D eigenvalue weighted by Crippen LogP contribution is 2.28. The number of hydrogen-bond acceptors (Lipinski definition) is 1. The number of hydrogen-bond donors (Lipinski definition) is 1. The molecule has 1 N–H and O–H groups in total. The van der Waals surface area contributed by atoms with E-state index in [2.05, 4.69) is 56.1 Å². The molecular formula is C16H27NSi. The lowest BCUT2D eigenvalue weighted by molar-refractivity contribution is 0.607. The van der Waals surface area contributed by atoms with Crippen molar-refractivity contribution in [2.75, 3.05) is 6.54 Å². The molecule has 0 aliphatic heterocycles. The van der Waals surface area contributed by atoms with Gasteiger partial charge in [0, 0.05) is 20.7 Å². The van der Waals surface area contributed by atoms with E-state index in [1.165, 1.54) is 36.6 Å². The predicted octanol–water partition coefficient (Wildman–Crippen LogP) is 4.17. The third-order valence-electron chi connectivity index (χ3n) is 3.60. The minimum absolute atomic E-state index is 0.706. The maximum atomic E-state index is 3.72. The number of benzene rings is 1. The molecule has 1 nitrogen and oxygen atoms in total. The summed E-state index contributed by atoms with van der Waals surface area (Å²) in [6.07, 6.45) is 2.76. The first-order chi connectivity index (χ1) is 8.44. The first-order valence-corrected chi connectivity index (χ1v) is 10.9. The summed E-state index contributed by atoms with van der Waals surface area (Å²) < 4.78 is 0. The third-order valence-corrected chi connectivity index (χ3v) is 5.32. The van der Waals surface area contributed by atoms with E-state index in [-0.39, 0.29) is 0 Å². The van der Waals surface area contributed by atoms with Crippen LogP contribution in [0.3, 0.4) is 0 Å². The SMILES string of the molecule is Cc1cccc(C(CNC2CC2)C[Si](C)(C)C)c1. The number of rotatable bonds is 6. The Hall–Kier alpha value is -0.603. The van der Waals surface area contributed by atoms with E-state index in [1.54, 1.807) is 0 Å². The van der Waals surface area contributed by atoms with Crippen molar-refractivity contribution in [3.63, 3.8) is 0 Å². The molecule has 2 heteroatoms. The van der Waals surface area contributed by atoms with Crippen molar-refractivity contribution in [1.29, 1.82) is 0 Å². The smallest absolute Gasteiger partial charge is 0.0449 e. The predicted molar refractivity (Wildman–Crippen MR) is 83.1 cm³/mol. The van der Waals surface area contributed by atoms with Gasteiger partial charge in [-0.2, -0.15) is 0 Å². The molecule has 0 spiro atoms. The van der Waals surface area contributed by atoms with E-state index in [1.807, 2.05) is 0 Å². The van der Waals surface area contributed by atoms with Gasteiger partial charge < -0.3 is 5.32 Å². The zero-order valence-electron chi connectivity index (χ0n) is 12.3. The van der Waals surface area contributed by atoms with Gasteiger partial charge in [0.2, 0.25) is 0 Å². The zero-order valence-corrected chi connectivity index (χ0v) is 13.3. The molecule has 1 saturated carbocycles. The van der Waals surface area contributed by atoms with E-state index >= 15 is 0 Å². The lowest BCUT2D eigenvalue weighted by Gasteiger charge is -2.25. The first-order valence-electron chi connectivity index (χ1n) is 7.24. The second-order valence-corrected chi connectivity index (χ2v) is 12.6. The number of aryl methyl sites for hydroxylation is 1. The molecule has 1 fully saturated rings. The Morgan fingerprint density at radius 2 is 2.00 bits per heavy atom. The van der Waals surface area contributed by atoms with Crippen molar-refractivity contribution in [1.82, 2.24) is 5.32 Å². The minimum Gasteiger partial charge on any atom is -0.313 e. The summed E-state index contributed by atoms with van der Waals surface area (Å²) in [6.45, 7) is 10.8. The van der Waals surface area contributed by atoms with Gasteiger partial charge in [-0.25, -0.2) is 0 Å². The van der Waals surface area contributed by atoms with Gasteiger partial charge >= 0.3 is 0 Å². The molecule has 0 bridgehead atoms. The van der Waals surface area contributed by atoms with Crippen LogP contribution in [0, 0.1) is 6.92 Å². The van der Waals surface area contributed by atoms with Crippen LogP contribution in [0.4, 0.5) is 0 Å².